The lowest BCUT2D eigenvalue weighted by Crippen LogP contribution is -2.24. The molecule has 0 aliphatic carbocycles. The lowest BCUT2D eigenvalue weighted by atomic mass is 9.82. The van der Waals surface area contributed by atoms with E-state index >= 15 is 0 Å². The van der Waals surface area contributed by atoms with Gasteiger partial charge in [-0.2, -0.15) is 0 Å². The molecule has 1 aliphatic rings. The highest BCUT2D eigenvalue weighted by atomic mass is 16.5. The minimum Gasteiger partial charge on any atom is -0.497 e. The molecule has 0 radical (unpaired) electrons. The van der Waals surface area contributed by atoms with Gasteiger partial charge in [0.1, 0.15) is 5.75 Å². The first kappa shape index (κ1) is 15.5. The Bertz CT molecular complexity index is 669. The second-order valence-corrected chi connectivity index (χ2v) is 5.95. The largest absolute Gasteiger partial charge is 0.497 e. The van der Waals surface area contributed by atoms with E-state index in [0.717, 1.165) is 36.8 Å². The summed E-state index contributed by atoms with van der Waals surface area (Å²) in [5.74, 6) is 2.60. The van der Waals surface area contributed by atoms with Gasteiger partial charge in [0.05, 0.1) is 19.5 Å². The minimum atomic E-state index is 0.219. The van der Waals surface area contributed by atoms with Gasteiger partial charge in [-0.25, -0.2) is 0 Å². The maximum Gasteiger partial charge on any atom is 0.119 e. The van der Waals surface area contributed by atoms with Gasteiger partial charge in [0.15, 0.2) is 0 Å². The quantitative estimate of drug-likeness (QED) is 0.891. The van der Waals surface area contributed by atoms with Crippen LogP contribution in [0.4, 0.5) is 0 Å². The zero-order valence-electron chi connectivity index (χ0n) is 13.7. The van der Waals surface area contributed by atoms with Gasteiger partial charge in [-0.1, -0.05) is 25.1 Å². The predicted molar refractivity (Wildman–Crippen MR) is 93.2 cm³/mol. The number of methoxy groups -OCH3 is 1. The Morgan fingerprint density at radius 1 is 1.22 bits per heavy atom. The van der Waals surface area contributed by atoms with Crippen LogP contribution in [0, 0.1) is 5.92 Å². The number of rotatable bonds is 6. The average molecular weight is 309 g/mol. The molecular weight excluding hydrogens is 286 g/mol. The van der Waals surface area contributed by atoms with E-state index in [9.17, 15) is 0 Å². The number of aliphatic imine (C=N–C) groups is 1. The van der Waals surface area contributed by atoms with Gasteiger partial charge >= 0.3 is 0 Å². The molecule has 1 aromatic heterocycles. The molecule has 0 fully saturated rings. The first-order valence-electron chi connectivity index (χ1n) is 8.10. The Hall–Kier alpha value is -2.36. The van der Waals surface area contributed by atoms with E-state index in [1.807, 2.05) is 30.5 Å². The number of pyridine rings is 1. The van der Waals surface area contributed by atoms with Crippen molar-refractivity contribution in [2.24, 2.45) is 10.9 Å². The number of benzene rings is 1. The Labute approximate surface area is 137 Å². The number of nitrogens with one attached hydrogen (secondary N) is 1. The molecule has 4 heteroatoms. The molecule has 1 N–H and O–H groups in total. The van der Waals surface area contributed by atoms with Crippen LogP contribution in [0.2, 0.25) is 0 Å². The number of nitrogens with zero attached hydrogens (tertiary/aromatic N) is 2. The molecule has 0 amide bonds. The van der Waals surface area contributed by atoms with Crippen molar-refractivity contribution in [2.75, 3.05) is 20.2 Å². The number of aromatic nitrogens is 1. The summed E-state index contributed by atoms with van der Waals surface area (Å²) >= 11 is 0. The normalized spacial score (nSPS) is 16.3. The van der Waals surface area contributed by atoms with Crippen molar-refractivity contribution in [3.8, 4) is 5.75 Å². The molecule has 120 valence electrons. The highest BCUT2D eigenvalue weighted by molar-refractivity contribution is 5.83. The molecule has 4 nitrogen and oxygen atoms in total. The Morgan fingerprint density at radius 3 is 2.83 bits per heavy atom. The van der Waals surface area contributed by atoms with E-state index in [4.69, 9.17) is 4.74 Å². The van der Waals surface area contributed by atoms with Gasteiger partial charge in [0.2, 0.25) is 0 Å². The molecule has 0 spiro atoms. The summed E-state index contributed by atoms with van der Waals surface area (Å²) in [5.41, 5.74) is 2.32. The standard InChI is InChI=1S/C19H23N3O/c1-14(12-18-21-10-11-22-18)19(17-8-3-4-9-20-17)15-6-5-7-16(13-15)23-2/h3-9,13-14,19H,10-12H2,1-2H3,(H,21,22). The maximum atomic E-state index is 5.40. The Kier molecular flexibility index (Phi) is 4.91. The molecule has 0 bridgehead atoms. The van der Waals surface area contributed by atoms with Crippen LogP contribution in [0.1, 0.15) is 30.5 Å². The van der Waals surface area contributed by atoms with Gasteiger partial charge in [0.25, 0.3) is 0 Å². The summed E-state index contributed by atoms with van der Waals surface area (Å²) in [6, 6.07) is 14.4. The Balaban J connectivity index is 1.92. The van der Waals surface area contributed by atoms with E-state index in [1.165, 1.54) is 5.56 Å². The van der Waals surface area contributed by atoms with Crippen molar-refractivity contribution < 1.29 is 4.74 Å². The van der Waals surface area contributed by atoms with Gasteiger partial charge in [0, 0.05) is 30.8 Å². The summed E-state index contributed by atoms with van der Waals surface area (Å²) in [4.78, 5) is 9.15. The van der Waals surface area contributed by atoms with E-state index in [2.05, 4.69) is 40.4 Å². The molecule has 1 aromatic carbocycles. The van der Waals surface area contributed by atoms with Gasteiger partial charge in [-0.3, -0.25) is 9.98 Å². The van der Waals surface area contributed by atoms with Gasteiger partial charge in [-0.05, 0) is 35.7 Å². The van der Waals surface area contributed by atoms with Crippen molar-refractivity contribution in [2.45, 2.75) is 19.3 Å². The maximum absolute atomic E-state index is 5.40. The first-order chi connectivity index (χ1) is 11.3. The molecule has 2 aromatic rings. The molecule has 3 rings (SSSR count). The van der Waals surface area contributed by atoms with Gasteiger partial charge in [-0.15, -0.1) is 0 Å². The Morgan fingerprint density at radius 2 is 2.13 bits per heavy atom. The summed E-state index contributed by atoms with van der Waals surface area (Å²) < 4.78 is 5.40. The fourth-order valence-electron chi connectivity index (χ4n) is 3.19. The molecule has 0 saturated carbocycles. The van der Waals surface area contributed by atoms with Crippen molar-refractivity contribution in [1.29, 1.82) is 0 Å². The van der Waals surface area contributed by atoms with Crippen LogP contribution in [0.3, 0.4) is 0 Å². The average Bonchev–Trinajstić information content (AvgIpc) is 3.09. The van der Waals surface area contributed by atoms with Crippen LogP contribution < -0.4 is 10.1 Å². The van der Waals surface area contributed by atoms with E-state index in [-0.39, 0.29) is 5.92 Å². The third-order valence-electron chi connectivity index (χ3n) is 4.29. The van der Waals surface area contributed by atoms with Gasteiger partial charge < -0.3 is 10.1 Å². The molecule has 2 atom stereocenters. The third-order valence-corrected chi connectivity index (χ3v) is 4.29. The van der Waals surface area contributed by atoms with Crippen LogP contribution >= 0.6 is 0 Å². The lowest BCUT2D eigenvalue weighted by Gasteiger charge is -2.24. The molecular formula is C19H23N3O. The molecule has 0 saturated heterocycles. The number of hydrogen-bond donors (Lipinski definition) is 1. The fraction of sp³-hybridized carbons (Fsp3) is 0.368. The zero-order valence-corrected chi connectivity index (χ0v) is 13.7. The second kappa shape index (κ2) is 7.27. The van der Waals surface area contributed by atoms with Crippen molar-refractivity contribution in [3.63, 3.8) is 0 Å². The molecule has 1 aliphatic heterocycles. The summed E-state index contributed by atoms with van der Waals surface area (Å²) in [7, 11) is 1.70. The summed E-state index contributed by atoms with van der Waals surface area (Å²) in [6.45, 7) is 4.10. The number of amidine groups is 1. The van der Waals surface area contributed by atoms with Crippen molar-refractivity contribution in [1.82, 2.24) is 10.3 Å². The van der Waals surface area contributed by atoms with Crippen LogP contribution in [-0.4, -0.2) is 31.0 Å². The summed E-state index contributed by atoms with van der Waals surface area (Å²) in [6.07, 6.45) is 2.79. The van der Waals surface area contributed by atoms with Crippen LogP contribution in [0.25, 0.3) is 0 Å². The van der Waals surface area contributed by atoms with Crippen molar-refractivity contribution in [3.05, 3.63) is 59.9 Å². The van der Waals surface area contributed by atoms with Crippen molar-refractivity contribution >= 4 is 5.84 Å². The minimum absolute atomic E-state index is 0.219. The SMILES string of the molecule is COc1cccc(C(c2ccccn2)C(C)CC2=NCCN2)c1. The zero-order chi connectivity index (χ0) is 16.1. The predicted octanol–water partition coefficient (Wildman–Crippen LogP) is 3.25. The fourth-order valence-corrected chi connectivity index (χ4v) is 3.19. The molecule has 2 unspecified atom stereocenters. The summed E-state index contributed by atoms with van der Waals surface area (Å²) in [5, 5.41) is 3.37. The molecule has 2 heterocycles. The smallest absolute Gasteiger partial charge is 0.119 e. The van der Waals surface area contributed by atoms with E-state index in [0.29, 0.717) is 5.92 Å². The first-order valence-corrected chi connectivity index (χ1v) is 8.10. The van der Waals surface area contributed by atoms with Crippen LogP contribution in [0.5, 0.6) is 5.75 Å². The van der Waals surface area contributed by atoms with Crippen LogP contribution in [0.15, 0.2) is 53.7 Å². The van der Waals surface area contributed by atoms with E-state index in [1.54, 1.807) is 7.11 Å². The number of hydrogen-bond acceptors (Lipinski definition) is 4. The lowest BCUT2D eigenvalue weighted by molar-refractivity contribution is 0.413. The third kappa shape index (κ3) is 3.70. The second-order valence-electron chi connectivity index (χ2n) is 5.95. The molecule has 23 heavy (non-hydrogen) atoms. The number of ether oxygens (including phenoxy) is 1. The van der Waals surface area contributed by atoms with E-state index < -0.39 is 0 Å². The van der Waals surface area contributed by atoms with Crippen LogP contribution in [-0.2, 0) is 0 Å². The topological polar surface area (TPSA) is 46.5 Å². The highest BCUT2D eigenvalue weighted by Gasteiger charge is 2.25. The monoisotopic (exact) mass is 309 g/mol. The highest BCUT2D eigenvalue weighted by Crippen LogP contribution is 2.34.